The first-order valence-electron chi connectivity index (χ1n) is 7.14. The molecule has 0 aromatic heterocycles. The molecule has 3 fully saturated rings. The number of cyclic esters (lactones) is 1. The maximum absolute atomic E-state index is 11.7. The van der Waals surface area contributed by atoms with Gasteiger partial charge in [0.2, 0.25) is 0 Å². The summed E-state index contributed by atoms with van der Waals surface area (Å²) in [4.78, 5) is 23.0. The summed E-state index contributed by atoms with van der Waals surface area (Å²) >= 11 is 0. The van der Waals surface area contributed by atoms with E-state index >= 15 is 0 Å². The number of carbonyl (C=O) groups is 2. The van der Waals surface area contributed by atoms with Crippen LogP contribution in [0.3, 0.4) is 0 Å². The van der Waals surface area contributed by atoms with Gasteiger partial charge in [-0.15, -0.1) is 0 Å². The summed E-state index contributed by atoms with van der Waals surface area (Å²) in [5.74, 6) is -0.175. The molecule has 0 spiro atoms. The van der Waals surface area contributed by atoms with Crippen LogP contribution in [0.1, 0.15) is 46.0 Å². The predicted octanol–water partition coefficient (Wildman–Crippen LogP) is 1.95. The fraction of sp³-hybridized carbons (Fsp3) is 0.857. The molecule has 0 aromatic rings. The summed E-state index contributed by atoms with van der Waals surface area (Å²) in [6, 6.07) is 0. The monoisotopic (exact) mass is 284 g/mol. The second kappa shape index (κ2) is 4.62. The van der Waals surface area contributed by atoms with E-state index in [9.17, 15) is 9.59 Å². The number of hydrogen-bond acceptors (Lipinski definition) is 6. The Hall–Kier alpha value is -1.30. The van der Waals surface area contributed by atoms with Crippen molar-refractivity contribution in [1.82, 2.24) is 0 Å². The minimum Gasteiger partial charge on any atom is -0.459 e. The quantitative estimate of drug-likeness (QED) is 0.633. The largest absolute Gasteiger partial charge is 0.509 e. The summed E-state index contributed by atoms with van der Waals surface area (Å²) < 4.78 is 22.0. The van der Waals surface area contributed by atoms with E-state index in [1.807, 2.05) is 13.8 Å². The molecule has 3 aliphatic rings. The molecule has 112 valence electrons. The van der Waals surface area contributed by atoms with Gasteiger partial charge in [-0.2, -0.15) is 0 Å². The van der Waals surface area contributed by atoms with E-state index in [-0.39, 0.29) is 24.8 Å². The summed E-state index contributed by atoms with van der Waals surface area (Å²) in [6.45, 7) is 4.01. The molecule has 3 saturated heterocycles. The summed E-state index contributed by atoms with van der Waals surface area (Å²) in [6.07, 6.45) is 1.88. The number of esters is 1. The highest BCUT2D eigenvalue weighted by molar-refractivity contribution is 5.70. The Bertz CT molecular complexity index is 435. The lowest BCUT2D eigenvalue weighted by Gasteiger charge is -2.41. The van der Waals surface area contributed by atoms with Gasteiger partial charge in [-0.25, -0.2) is 4.79 Å². The van der Waals surface area contributed by atoms with Crippen LogP contribution in [0, 0.1) is 0 Å². The maximum Gasteiger partial charge on any atom is 0.509 e. The average Bonchev–Trinajstić information content (AvgIpc) is 2.56. The first kappa shape index (κ1) is 13.7. The van der Waals surface area contributed by atoms with Gasteiger partial charge in [0.05, 0.1) is 0 Å². The van der Waals surface area contributed by atoms with Crippen molar-refractivity contribution in [3.63, 3.8) is 0 Å². The van der Waals surface area contributed by atoms with Gasteiger partial charge in [-0.1, -0.05) is 0 Å². The molecule has 0 saturated carbocycles. The fourth-order valence-corrected chi connectivity index (χ4v) is 3.30. The fourth-order valence-electron chi connectivity index (χ4n) is 3.30. The first-order chi connectivity index (χ1) is 9.41. The summed E-state index contributed by atoms with van der Waals surface area (Å²) in [5, 5.41) is 0. The molecule has 0 aliphatic carbocycles. The molecule has 0 bridgehead atoms. The van der Waals surface area contributed by atoms with E-state index in [1.165, 1.54) is 0 Å². The third kappa shape index (κ3) is 2.26. The molecular weight excluding hydrogens is 264 g/mol. The zero-order valence-electron chi connectivity index (χ0n) is 11.8. The van der Waals surface area contributed by atoms with Crippen LogP contribution in [0.4, 0.5) is 4.79 Å². The van der Waals surface area contributed by atoms with Crippen molar-refractivity contribution in [3.8, 4) is 0 Å². The van der Waals surface area contributed by atoms with Crippen LogP contribution >= 0.6 is 0 Å². The van der Waals surface area contributed by atoms with Crippen molar-refractivity contribution in [2.45, 2.75) is 69.4 Å². The van der Waals surface area contributed by atoms with Crippen LogP contribution in [0.15, 0.2) is 0 Å². The van der Waals surface area contributed by atoms with Crippen molar-refractivity contribution in [3.05, 3.63) is 0 Å². The molecule has 0 N–H and O–H groups in total. The second-order valence-corrected chi connectivity index (χ2v) is 6.27. The van der Waals surface area contributed by atoms with Gasteiger partial charge in [0, 0.05) is 6.42 Å². The van der Waals surface area contributed by atoms with Crippen molar-refractivity contribution in [2.24, 2.45) is 0 Å². The van der Waals surface area contributed by atoms with Crippen molar-refractivity contribution >= 4 is 12.1 Å². The molecule has 4 atom stereocenters. The molecule has 0 aromatic carbocycles. The summed E-state index contributed by atoms with van der Waals surface area (Å²) in [5.41, 5.74) is -1.25. The SMILES string of the molecule is C[C@]12CC[C@H]3OC(=O)CCC[C@]3(C)O[C@@H]1COC(=O)O2. The van der Waals surface area contributed by atoms with Crippen LogP contribution < -0.4 is 0 Å². The van der Waals surface area contributed by atoms with Crippen molar-refractivity contribution in [1.29, 1.82) is 0 Å². The van der Waals surface area contributed by atoms with Crippen molar-refractivity contribution in [2.75, 3.05) is 6.61 Å². The van der Waals surface area contributed by atoms with E-state index < -0.39 is 17.4 Å². The molecule has 6 nitrogen and oxygen atoms in total. The molecular formula is C14H20O6. The zero-order valence-corrected chi connectivity index (χ0v) is 11.8. The van der Waals surface area contributed by atoms with E-state index in [2.05, 4.69) is 0 Å². The Balaban J connectivity index is 1.87. The maximum atomic E-state index is 11.7. The Kier molecular flexibility index (Phi) is 3.16. The lowest BCUT2D eigenvalue weighted by atomic mass is 9.89. The molecule has 0 amide bonds. The Morgan fingerprint density at radius 2 is 1.90 bits per heavy atom. The van der Waals surface area contributed by atoms with Gasteiger partial charge < -0.3 is 18.9 Å². The summed E-state index contributed by atoms with van der Waals surface area (Å²) in [7, 11) is 0. The smallest absolute Gasteiger partial charge is 0.459 e. The standard InChI is InChI=1S/C14H20O6/c1-13-6-3-4-11(15)18-9(13)5-7-14(2)10(19-13)8-17-12(16)20-14/h9-10H,3-8H2,1-2H3/t9-,10-,13+,14+/m1/s1. The van der Waals surface area contributed by atoms with E-state index in [4.69, 9.17) is 18.9 Å². The first-order valence-corrected chi connectivity index (χ1v) is 7.14. The molecule has 6 heteroatoms. The zero-order chi connectivity index (χ0) is 14.4. The lowest BCUT2D eigenvalue weighted by Crippen LogP contribution is -2.54. The Morgan fingerprint density at radius 3 is 2.70 bits per heavy atom. The third-order valence-electron chi connectivity index (χ3n) is 4.67. The number of fused-ring (bicyclic) bond motifs is 2. The Morgan fingerprint density at radius 1 is 1.10 bits per heavy atom. The number of carbonyl (C=O) groups excluding carboxylic acids is 2. The van der Waals surface area contributed by atoms with Gasteiger partial charge >= 0.3 is 12.1 Å². The van der Waals surface area contributed by atoms with Crippen LogP contribution in [0.2, 0.25) is 0 Å². The number of hydrogen-bond donors (Lipinski definition) is 0. The van der Waals surface area contributed by atoms with Gasteiger partial charge in [0.15, 0.2) is 0 Å². The topological polar surface area (TPSA) is 71.1 Å². The van der Waals surface area contributed by atoms with Gasteiger partial charge in [-0.05, 0) is 39.5 Å². The van der Waals surface area contributed by atoms with Gasteiger partial charge in [0.1, 0.15) is 30.0 Å². The van der Waals surface area contributed by atoms with Crippen LogP contribution in [-0.2, 0) is 23.7 Å². The predicted molar refractivity (Wildman–Crippen MR) is 67.1 cm³/mol. The van der Waals surface area contributed by atoms with E-state index in [1.54, 1.807) is 0 Å². The second-order valence-electron chi connectivity index (χ2n) is 6.27. The Labute approximate surface area is 117 Å². The third-order valence-corrected chi connectivity index (χ3v) is 4.67. The minimum atomic E-state index is -0.711. The average molecular weight is 284 g/mol. The number of ether oxygens (including phenoxy) is 4. The number of rotatable bonds is 0. The van der Waals surface area contributed by atoms with E-state index in [0.29, 0.717) is 19.3 Å². The van der Waals surface area contributed by atoms with E-state index in [0.717, 1.165) is 12.8 Å². The van der Waals surface area contributed by atoms with Crippen LogP contribution in [0.25, 0.3) is 0 Å². The van der Waals surface area contributed by atoms with Crippen LogP contribution in [-0.4, -0.2) is 42.1 Å². The lowest BCUT2D eigenvalue weighted by molar-refractivity contribution is -0.218. The highest BCUT2D eigenvalue weighted by Crippen LogP contribution is 2.42. The molecule has 20 heavy (non-hydrogen) atoms. The van der Waals surface area contributed by atoms with Gasteiger partial charge in [0.25, 0.3) is 0 Å². The van der Waals surface area contributed by atoms with Gasteiger partial charge in [-0.3, -0.25) is 4.79 Å². The normalized spacial score (nSPS) is 44.9. The minimum absolute atomic E-state index is 0.175. The molecule has 0 unspecified atom stereocenters. The molecule has 3 rings (SSSR count). The molecule has 3 aliphatic heterocycles. The molecule has 0 radical (unpaired) electrons. The highest BCUT2D eigenvalue weighted by atomic mass is 16.8. The highest BCUT2D eigenvalue weighted by Gasteiger charge is 2.53. The van der Waals surface area contributed by atoms with Crippen LogP contribution in [0.5, 0.6) is 0 Å². The van der Waals surface area contributed by atoms with Crippen molar-refractivity contribution < 1.29 is 28.5 Å². The molecule has 3 heterocycles.